The van der Waals surface area contributed by atoms with Crippen molar-refractivity contribution in [2.45, 2.75) is 19.5 Å². The van der Waals surface area contributed by atoms with Gasteiger partial charge in [0.05, 0.1) is 17.8 Å². The Morgan fingerprint density at radius 1 is 1.10 bits per heavy atom. The van der Waals surface area contributed by atoms with E-state index < -0.39 is 0 Å². The number of nitrogens with zero attached hydrogens (tertiary/aromatic N) is 4. The maximum Gasteiger partial charge on any atom is 0.261 e. The quantitative estimate of drug-likeness (QED) is 0.514. The molecule has 0 bridgehead atoms. The Morgan fingerprint density at radius 2 is 1.84 bits per heavy atom. The number of thiazole rings is 1. The van der Waals surface area contributed by atoms with Crippen molar-refractivity contribution < 1.29 is 4.79 Å². The molecule has 6 nitrogen and oxygen atoms in total. The molecule has 0 unspecified atom stereocenters. The highest BCUT2D eigenvalue weighted by atomic mass is 32.1. The Kier molecular flexibility index (Phi) is 5.36. The number of rotatable bonds is 5. The molecule has 2 aromatic heterocycles. The van der Waals surface area contributed by atoms with Crippen LogP contribution in [0.15, 0.2) is 66.9 Å². The van der Waals surface area contributed by atoms with Gasteiger partial charge in [-0.05, 0) is 12.6 Å². The second kappa shape index (κ2) is 8.45. The standard InChI is InChI=1S/C24H23N5OS/c1-28-13-12-20-21(16-28)31-24(25-20)26-23(30)19-15-29(14-17-8-4-2-5-9-17)27-22(19)18-10-6-3-7-11-18/h2-11,15H,12-14,16H2,1H3,(H,25,26,30). The molecule has 4 aromatic rings. The number of carbonyl (C=O) groups is 1. The zero-order valence-electron chi connectivity index (χ0n) is 17.3. The molecule has 1 aliphatic heterocycles. The first-order chi connectivity index (χ1) is 15.2. The Bertz CT molecular complexity index is 1200. The summed E-state index contributed by atoms with van der Waals surface area (Å²) in [5, 5.41) is 8.41. The first-order valence-corrected chi connectivity index (χ1v) is 11.1. The molecule has 0 aliphatic carbocycles. The smallest absolute Gasteiger partial charge is 0.261 e. The van der Waals surface area contributed by atoms with Gasteiger partial charge in [0, 0.05) is 36.1 Å². The number of amides is 1. The van der Waals surface area contributed by atoms with Crippen LogP contribution < -0.4 is 5.32 Å². The number of anilines is 1. The van der Waals surface area contributed by atoms with Crippen LogP contribution in [0.4, 0.5) is 5.13 Å². The molecule has 0 spiro atoms. The van der Waals surface area contributed by atoms with E-state index >= 15 is 0 Å². The Morgan fingerprint density at radius 3 is 2.61 bits per heavy atom. The van der Waals surface area contributed by atoms with Crippen LogP contribution in [0.3, 0.4) is 0 Å². The summed E-state index contributed by atoms with van der Waals surface area (Å²) in [7, 11) is 2.11. The SMILES string of the molecule is CN1CCc2nc(NC(=O)c3cn(Cc4ccccc4)nc3-c3ccccc3)sc2C1. The lowest BCUT2D eigenvalue weighted by atomic mass is 10.1. The summed E-state index contributed by atoms with van der Waals surface area (Å²) in [6, 6.07) is 19.9. The van der Waals surface area contributed by atoms with Gasteiger partial charge >= 0.3 is 0 Å². The first-order valence-electron chi connectivity index (χ1n) is 10.3. The van der Waals surface area contributed by atoms with Gasteiger partial charge in [0.15, 0.2) is 5.13 Å². The van der Waals surface area contributed by atoms with Gasteiger partial charge in [0.1, 0.15) is 5.69 Å². The van der Waals surface area contributed by atoms with Crippen molar-refractivity contribution >= 4 is 22.4 Å². The second-order valence-electron chi connectivity index (χ2n) is 7.77. The van der Waals surface area contributed by atoms with E-state index in [1.807, 2.05) is 59.4 Å². The zero-order valence-corrected chi connectivity index (χ0v) is 18.1. The minimum absolute atomic E-state index is 0.183. The summed E-state index contributed by atoms with van der Waals surface area (Å²) in [6.07, 6.45) is 2.74. The second-order valence-corrected chi connectivity index (χ2v) is 8.86. The fourth-order valence-corrected chi connectivity index (χ4v) is 4.87. The molecule has 1 amide bonds. The third-order valence-electron chi connectivity index (χ3n) is 5.38. The fourth-order valence-electron chi connectivity index (χ4n) is 3.79. The van der Waals surface area contributed by atoms with Crippen molar-refractivity contribution in [1.82, 2.24) is 19.7 Å². The summed E-state index contributed by atoms with van der Waals surface area (Å²) in [5.74, 6) is -0.183. The number of benzene rings is 2. The number of likely N-dealkylation sites (N-methyl/N-ethyl adjacent to an activating group) is 1. The Hall–Kier alpha value is -3.29. The van der Waals surface area contributed by atoms with Crippen LogP contribution in [0, 0.1) is 0 Å². The third-order valence-corrected chi connectivity index (χ3v) is 6.38. The van der Waals surface area contributed by atoms with E-state index in [-0.39, 0.29) is 5.91 Å². The topological polar surface area (TPSA) is 63.1 Å². The molecule has 0 radical (unpaired) electrons. The van der Waals surface area contributed by atoms with Crippen molar-refractivity contribution in [1.29, 1.82) is 0 Å². The average Bonchev–Trinajstić information content (AvgIpc) is 3.38. The van der Waals surface area contributed by atoms with Crippen LogP contribution in [-0.4, -0.2) is 39.2 Å². The number of nitrogens with one attached hydrogen (secondary N) is 1. The highest BCUT2D eigenvalue weighted by Crippen LogP contribution is 2.29. The van der Waals surface area contributed by atoms with Crippen LogP contribution in [0.1, 0.15) is 26.5 Å². The van der Waals surface area contributed by atoms with E-state index in [2.05, 4.69) is 34.4 Å². The van der Waals surface area contributed by atoms with Gasteiger partial charge in [-0.2, -0.15) is 5.10 Å². The van der Waals surface area contributed by atoms with Gasteiger partial charge in [-0.3, -0.25) is 14.8 Å². The molecule has 0 saturated heterocycles. The third kappa shape index (κ3) is 4.28. The maximum atomic E-state index is 13.2. The Balaban J connectivity index is 1.44. The molecular formula is C24H23N5OS. The lowest BCUT2D eigenvalue weighted by Crippen LogP contribution is -2.25. The number of carbonyl (C=O) groups excluding carboxylic acids is 1. The molecule has 1 aliphatic rings. The molecule has 0 saturated carbocycles. The van der Waals surface area contributed by atoms with E-state index in [4.69, 9.17) is 5.10 Å². The van der Waals surface area contributed by atoms with Crippen LogP contribution in [-0.2, 0) is 19.5 Å². The van der Waals surface area contributed by atoms with E-state index in [1.165, 1.54) is 4.88 Å². The monoisotopic (exact) mass is 429 g/mol. The summed E-state index contributed by atoms with van der Waals surface area (Å²) < 4.78 is 1.83. The lowest BCUT2D eigenvalue weighted by Gasteiger charge is -2.20. The van der Waals surface area contributed by atoms with E-state index in [1.54, 1.807) is 11.3 Å². The van der Waals surface area contributed by atoms with E-state index in [0.717, 1.165) is 36.3 Å². The number of hydrogen-bond donors (Lipinski definition) is 1. The van der Waals surface area contributed by atoms with Crippen LogP contribution in [0.5, 0.6) is 0 Å². The Labute approximate surface area is 185 Å². The molecule has 7 heteroatoms. The van der Waals surface area contributed by atoms with Gasteiger partial charge in [0.25, 0.3) is 5.91 Å². The van der Waals surface area contributed by atoms with Gasteiger partial charge in [0.2, 0.25) is 0 Å². The van der Waals surface area contributed by atoms with Crippen molar-refractivity contribution in [3.05, 3.63) is 88.6 Å². The van der Waals surface area contributed by atoms with Crippen molar-refractivity contribution in [3.8, 4) is 11.3 Å². The predicted molar refractivity (Wildman–Crippen MR) is 123 cm³/mol. The van der Waals surface area contributed by atoms with Crippen LogP contribution >= 0.6 is 11.3 Å². The first kappa shape index (κ1) is 19.7. The largest absolute Gasteiger partial charge is 0.301 e. The zero-order chi connectivity index (χ0) is 21.2. The molecule has 1 N–H and O–H groups in total. The number of fused-ring (bicyclic) bond motifs is 1. The molecule has 31 heavy (non-hydrogen) atoms. The summed E-state index contributed by atoms with van der Waals surface area (Å²) in [6.45, 7) is 2.48. The predicted octanol–water partition coefficient (Wildman–Crippen LogP) is 4.30. The van der Waals surface area contributed by atoms with E-state index in [0.29, 0.717) is 22.9 Å². The van der Waals surface area contributed by atoms with Crippen molar-refractivity contribution in [2.75, 3.05) is 18.9 Å². The van der Waals surface area contributed by atoms with Crippen LogP contribution in [0.2, 0.25) is 0 Å². The number of aromatic nitrogens is 3. The van der Waals surface area contributed by atoms with Gasteiger partial charge < -0.3 is 4.90 Å². The van der Waals surface area contributed by atoms with Gasteiger partial charge in [-0.15, -0.1) is 11.3 Å². The minimum Gasteiger partial charge on any atom is -0.301 e. The molecular weight excluding hydrogens is 406 g/mol. The lowest BCUT2D eigenvalue weighted by molar-refractivity contribution is 0.102. The molecule has 3 heterocycles. The maximum absolute atomic E-state index is 13.2. The molecule has 5 rings (SSSR count). The molecule has 0 atom stereocenters. The minimum atomic E-state index is -0.183. The summed E-state index contributed by atoms with van der Waals surface area (Å²) in [4.78, 5) is 21.4. The van der Waals surface area contributed by atoms with Crippen molar-refractivity contribution in [2.24, 2.45) is 0 Å². The summed E-state index contributed by atoms with van der Waals surface area (Å²) >= 11 is 1.56. The molecule has 156 valence electrons. The fraction of sp³-hybridized carbons (Fsp3) is 0.208. The van der Waals surface area contributed by atoms with Gasteiger partial charge in [-0.1, -0.05) is 60.7 Å². The molecule has 2 aromatic carbocycles. The summed E-state index contributed by atoms with van der Waals surface area (Å²) in [5.41, 5.74) is 4.37. The van der Waals surface area contributed by atoms with Gasteiger partial charge in [-0.25, -0.2) is 4.98 Å². The number of hydrogen-bond acceptors (Lipinski definition) is 5. The van der Waals surface area contributed by atoms with Crippen LogP contribution in [0.25, 0.3) is 11.3 Å². The highest BCUT2D eigenvalue weighted by Gasteiger charge is 2.22. The highest BCUT2D eigenvalue weighted by molar-refractivity contribution is 7.15. The average molecular weight is 430 g/mol. The van der Waals surface area contributed by atoms with E-state index in [9.17, 15) is 4.79 Å². The normalized spacial score (nSPS) is 13.7. The molecule has 0 fully saturated rings. The van der Waals surface area contributed by atoms with Crippen molar-refractivity contribution in [3.63, 3.8) is 0 Å².